The highest BCUT2D eigenvalue weighted by Gasteiger charge is 2.15. The van der Waals surface area contributed by atoms with E-state index < -0.39 is 9.04 Å². The van der Waals surface area contributed by atoms with E-state index in [1.807, 2.05) is 63.3 Å². The van der Waals surface area contributed by atoms with E-state index in [0.717, 1.165) is 28.1 Å². The molecule has 0 aliphatic heterocycles. The van der Waals surface area contributed by atoms with Gasteiger partial charge in [0.05, 0.1) is 6.61 Å². The molecule has 130 valence electrons. The topological polar surface area (TPSA) is 54.7 Å². The highest BCUT2D eigenvalue weighted by Crippen LogP contribution is 2.30. The van der Waals surface area contributed by atoms with Gasteiger partial charge in [-0.2, -0.15) is 0 Å². The summed E-state index contributed by atoms with van der Waals surface area (Å²) in [5.74, 6) is 0.766. The molecule has 1 atom stereocenters. The van der Waals surface area contributed by atoms with Crippen LogP contribution in [0.3, 0.4) is 0 Å². The van der Waals surface area contributed by atoms with Gasteiger partial charge in [-0.3, -0.25) is 4.79 Å². The molecule has 0 bridgehead atoms. The molecular weight excluding hydrogens is 320 g/mol. The highest BCUT2D eigenvalue weighted by atomic mass is 28.3. The monoisotopic (exact) mass is 346 g/mol. The first-order chi connectivity index (χ1) is 11.4. The molecule has 0 unspecified atom stereocenters. The molecule has 0 aliphatic rings. The van der Waals surface area contributed by atoms with Gasteiger partial charge in [-0.05, 0) is 36.4 Å². The first-order valence-electron chi connectivity index (χ1n) is 8.22. The second-order valence-electron chi connectivity index (χ2n) is 6.04. The van der Waals surface area contributed by atoms with Gasteiger partial charge in [0.25, 0.3) is 5.56 Å². The minimum Gasteiger partial charge on any atom is -0.493 e. The Balaban J connectivity index is 2.67. The fourth-order valence-electron chi connectivity index (χ4n) is 2.66. The molecule has 0 aliphatic carbocycles. The maximum Gasteiger partial charge on any atom is 0.273 e. The Morgan fingerprint density at radius 2 is 1.96 bits per heavy atom. The number of nitrogens with zero attached hydrogens (tertiary/aromatic N) is 2. The van der Waals surface area contributed by atoms with Crippen LogP contribution in [0.25, 0.3) is 11.1 Å². The second-order valence-corrected chi connectivity index (χ2v) is 8.55. The maximum absolute atomic E-state index is 12.3. The fourth-order valence-corrected chi connectivity index (χ4v) is 3.81. The third-order valence-corrected chi connectivity index (χ3v) is 5.93. The molecule has 1 N–H and O–H groups in total. The van der Waals surface area contributed by atoms with Crippen molar-refractivity contribution in [2.24, 2.45) is 7.05 Å². The van der Waals surface area contributed by atoms with Gasteiger partial charge in [-0.15, -0.1) is 0 Å². The van der Waals surface area contributed by atoms with Crippen molar-refractivity contribution in [1.82, 2.24) is 4.57 Å². The predicted octanol–water partition coefficient (Wildman–Crippen LogP) is 1.46. The van der Waals surface area contributed by atoms with Crippen LogP contribution in [0.15, 0.2) is 35.3 Å². The number of benzene rings is 1. The molecule has 0 saturated carbocycles. The van der Waals surface area contributed by atoms with Crippen LogP contribution in [0.2, 0.25) is 6.04 Å². The third kappa shape index (κ3) is 3.71. The number of aromatic nitrogens is 1. The molecule has 0 radical (unpaired) electrons. The zero-order valence-corrected chi connectivity index (χ0v) is 16.2. The molecule has 2 rings (SSSR count). The number of rotatable bonds is 6. The third-order valence-electron chi connectivity index (χ3n) is 4.03. The summed E-state index contributed by atoms with van der Waals surface area (Å²) < 4.78 is 7.35. The fraction of sp³-hybridized carbons (Fsp3) is 0.389. The van der Waals surface area contributed by atoms with Crippen LogP contribution in [0, 0.1) is 0 Å². The Bertz CT molecular complexity index is 771. The number of hydrogen-bond acceptors (Lipinski definition) is 4. The number of pyridine rings is 1. The average molecular weight is 347 g/mol. The highest BCUT2D eigenvalue weighted by molar-refractivity contribution is 6.66. The molecule has 1 heterocycles. The van der Waals surface area contributed by atoms with Crippen molar-refractivity contribution in [2.75, 3.05) is 25.6 Å². The Kier molecular flexibility index (Phi) is 5.85. The summed E-state index contributed by atoms with van der Waals surface area (Å²) in [7, 11) is 3.54. The predicted molar refractivity (Wildman–Crippen MR) is 102 cm³/mol. The molecule has 1 aromatic carbocycles. The SMILES string of the molecule is CCOc1ccc([Si@H](O)CC)cc1-c1cc(N(C)C)c(=O)n(C)c1. The molecule has 0 fully saturated rings. The standard InChI is InChI=1S/C18H26N2O3Si/c1-6-23-17-9-8-14(24(22)7-2)11-15(17)13-10-16(19(3)4)18(21)20(5)12-13/h8-12,22,24H,6-7H2,1-5H3/t24-/m1/s1. The van der Waals surface area contributed by atoms with E-state index in [-0.39, 0.29) is 5.56 Å². The summed E-state index contributed by atoms with van der Waals surface area (Å²) in [4.78, 5) is 24.4. The van der Waals surface area contributed by atoms with E-state index in [1.54, 1.807) is 11.6 Å². The van der Waals surface area contributed by atoms with Crippen molar-refractivity contribution in [3.63, 3.8) is 0 Å². The number of anilines is 1. The average Bonchev–Trinajstić information content (AvgIpc) is 2.56. The number of ether oxygens (including phenoxy) is 1. The van der Waals surface area contributed by atoms with Crippen molar-refractivity contribution >= 4 is 19.9 Å². The van der Waals surface area contributed by atoms with Crippen LogP contribution < -0.4 is 20.4 Å². The lowest BCUT2D eigenvalue weighted by Crippen LogP contribution is -2.29. The van der Waals surface area contributed by atoms with Gasteiger partial charge < -0.3 is 19.0 Å². The van der Waals surface area contributed by atoms with Gasteiger partial charge >= 0.3 is 0 Å². The van der Waals surface area contributed by atoms with E-state index in [2.05, 4.69) is 0 Å². The minimum absolute atomic E-state index is 0.0409. The van der Waals surface area contributed by atoms with Gasteiger partial charge in [0.1, 0.15) is 11.4 Å². The Morgan fingerprint density at radius 3 is 2.54 bits per heavy atom. The minimum atomic E-state index is -1.92. The molecule has 2 aromatic rings. The van der Waals surface area contributed by atoms with Gasteiger partial charge in [-0.25, -0.2) is 0 Å². The van der Waals surface area contributed by atoms with Crippen LogP contribution in [-0.2, 0) is 7.05 Å². The van der Waals surface area contributed by atoms with E-state index in [1.165, 1.54) is 0 Å². The Hall–Kier alpha value is -2.05. The summed E-state index contributed by atoms with van der Waals surface area (Å²) in [6.45, 7) is 4.51. The van der Waals surface area contributed by atoms with Gasteiger partial charge in [0, 0.05) is 38.5 Å². The van der Waals surface area contributed by atoms with Crippen LogP contribution in [-0.4, -0.2) is 39.1 Å². The summed E-state index contributed by atoms with van der Waals surface area (Å²) in [6.07, 6.45) is 1.82. The molecule has 0 spiro atoms. The van der Waals surface area contributed by atoms with Crippen LogP contribution in [0.1, 0.15) is 13.8 Å². The number of hydrogen-bond donors (Lipinski definition) is 1. The summed E-state index contributed by atoms with van der Waals surface area (Å²) in [6, 6.07) is 8.53. The lowest BCUT2D eigenvalue weighted by atomic mass is 10.1. The lowest BCUT2D eigenvalue weighted by Gasteiger charge is -2.18. The van der Waals surface area contributed by atoms with E-state index >= 15 is 0 Å². The van der Waals surface area contributed by atoms with E-state index in [4.69, 9.17) is 4.74 Å². The first-order valence-corrected chi connectivity index (χ1v) is 10.1. The van der Waals surface area contributed by atoms with Crippen molar-refractivity contribution in [1.29, 1.82) is 0 Å². The Labute approximate surface area is 144 Å². The largest absolute Gasteiger partial charge is 0.493 e. The van der Waals surface area contributed by atoms with E-state index in [9.17, 15) is 9.59 Å². The molecular formula is C18H26N2O3Si. The van der Waals surface area contributed by atoms with Crippen molar-refractivity contribution in [3.8, 4) is 16.9 Å². The van der Waals surface area contributed by atoms with Crippen LogP contribution in [0.5, 0.6) is 5.75 Å². The molecule has 24 heavy (non-hydrogen) atoms. The molecule has 6 heteroatoms. The van der Waals surface area contributed by atoms with Gasteiger partial charge in [0.2, 0.25) is 9.04 Å². The quantitative estimate of drug-likeness (QED) is 0.805. The normalized spacial score (nSPS) is 12.1. The van der Waals surface area contributed by atoms with Gasteiger partial charge in [-0.1, -0.05) is 13.0 Å². The molecule has 5 nitrogen and oxygen atoms in total. The maximum atomic E-state index is 12.3. The van der Waals surface area contributed by atoms with Crippen molar-refractivity contribution in [2.45, 2.75) is 19.9 Å². The van der Waals surface area contributed by atoms with Crippen LogP contribution >= 0.6 is 0 Å². The zero-order valence-electron chi connectivity index (χ0n) is 15.0. The van der Waals surface area contributed by atoms with Crippen molar-refractivity contribution in [3.05, 3.63) is 40.8 Å². The molecule has 0 saturated heterocycles. The van der Waals surface area contributed by atoms with E-state index in [0.29, 0.717) is 12.3 Å². The molecule has 0 amide bonds. The first kappa shape index (κ1) is 18.3. The zero-order chi connectivity index (χ0) is 17.9. The summed E-state index contributed by atoms with van der Waals surface area (Å²) in [5, 5.41) is 0.983. The summed E-state index contributed by atoms with van der Waals surface area (Å²) >= 11 is 0. The smallest absolute Gasteiger partial charge is 0.273 e. The number of aryl methyl sites for hydroxylation is 1. The Morgan fingerprint density at radius 1 is 1.25 bits per heavy atom. The molecule has 1 aromatic heterocycles. The van der Waals surface area contributed by atoms with Crippen LogP contribution in [0.4, 0.5) is 5.69 Å². The van der Waals surface area contributed by atoms with Gasteiger partial charge in [0.15, 0.2) is 0 Å². The lowest BCUT2D eigenvalue weighted by molar-refractivity contribution is 0.341. The second kappa shape index (κ2) is 7.68. The van der Waals surface area contributed by atoms with Crippen molar-refractivity contribution < 1.29 is 9.53 Å². The summed E-state index contributed by atoms with van der Waals surface area (Å²) in [5.41, 5.74) is 2.40.